The summed E-state index contributed by atoms with van der Waals surface area (Å²) in [5.41, 5.74) is 1.04. The predicted octanol–water partition coefficient (Wildman–Crippen LogP) is 3.15. The van der Waals surface area contributed by atoms with Gasteiger partial charge in [-0.1, -0.05) is 30.3 Å². The summed E-state index contributed by atoms with van der Waals surface area (Å²) in [6.07, 6.45) is 0. The standard InChI is InChI=1S/C12H17NOSi/c1-15(2,3)14-10-12(9-13)11-7-5-4-6-8-11/h4-8,12H,10H2,1-3H3. The average molecular weight is 219 g/mol. The fourth-order valence-corrected chi connectivity index (χ4v) is 1.89. The largest absolute Gasteiger partial charge is 0.416 e. The summed E-state index contributed by atoms with van der Waals surface area (Å²) in [6.45, 7) is 6.90. The van der Waals surface area contributed by atoms with Crippen LogP contribution in [0.5, 0.6) is 0 Å². The first-order chi connectivity index (χ1) is 7.03. The van der Waals surface area contributed by atoms with Crippen molar-refractivity contribution in [1.29, 1.82) is 5.26 Å². The highest BCUT2D eigenvalue weighted by Crippen LogP contribution is 2.16. The molecular formula is C12H17NOSi. The van der Waals surface area contributed by atoms with E-state index in [2.05, 4.69) is 25.7 Å². The molecule has 1 atom stereocenters. The normalized spacial score (nSPS) is 13.2. The molecule has 1 rings (SSSR count). The molecule has 0 aliphatic carbocycles. The van der Waals surface area contributed by atoms with Gasteiger partial charge >= 0.3 is 0 Å². The summed E-state index contributed by atoms with van der Waals surface area (Å²) in [6, 6.07) is 12.1. The Morgan fingerprint density at radius 1 is 1.27 bits per heavy atom. The summed E-state index contributed by atoms with van der Waals surface area (Å²) in [7, 11) is -1.52. The zero-order chi connectivity index (χ0) is 11.3. The van der Waals surface area contributed by atoms with Crippen LogP contribution in [-0.4, -0.2) is 14.9 Å². The van der Waals surface area contributed by atoms with Gasteiger partial charge in [0.25, 0.3) is 0 Å². The fraction of sp³-hybridized carbons (Fsp3) is 0.417. The van der Waals surface area contributed by atoms with Crippen LogP contribution >= 0.6 is 0 Å². The lowest BCUT2D eigenvalue weighted by molar-refractivity contribution is 0.302. The first-order valence-corrected chi connectivity index (χ1v) is 8.52. The van der Waals surface area contributed by atoms with Crippen molar-refractivity contribution in [2.45, 2.75) is 25.6 Å². The third-order valence-corrected chi connectivity index (χ3v) is 3.07. The summed E-state index contributed by atoms with van der Waals surface area (Å²) in [4.78, 5) is 0. The summed E-state index contributed by atoms with van der Waals surface area (Å²) in [5, 5.41) is 9.06. The molecule has 1 aromatic carbocycles. The van der Waals surface area contributed by atoms with E-state index in [4.69, 9.17) is 9.69 Å². The van der Waals surface area contributed by atoms with Crippen molar-refractivity contribution in [2.75, 3.05) is 6.61 Å². The van der Waals surface area contributed by atoms with Gasteiger partial charge in [-0.2, -0.15) is 5.26 Å². The Hall–Kier alpha value is -1.11. The van der Waals surface area contributed by atoms with Crippen LogP contribution in [0.3, 0.4) is 0 Å². The van der Waals surface area contributed by atoms with Gasteiger partial charge in [0.2, 0.25) is 0 Å². The lowest BCUT2D eigenvalue weighted by atomic mass is 10.0. The van der Waals surface area contributed by atoms with Crippen molar-refractivity contribution >= 4 is 8.32 Å². The lowest BCUT2D eigenvalue weighted by Gasteiger charge is -2.19. The zero-order valence-electron chi connectivity index (χ0n) is 9.53. The molecule has 80 valence electrons. The third-order valence-electron chi connectivity index (χ3n) is 2.04. The average Bonchev–Trinajstić information content (AvgIpc) is 2.19. The van der Waals surface area contributed by atoms with E-state index in [-0.39, 0.29) is 5.92 Å². The molecule has 0 amide bonds. The minimum atomic E-state index is -1.52. The van der Waals surface area contributed by atoms with Gasteiger partial charge in [-0.25, -0.2) is 0 Å². The molecule has 0 heterocycles. The second kappa shape index (κ2) is 5.10. The van der Waals surface area contributed by atoms with Gasteiger partial charge in [0.05, 0.1) is 18.6 Å². The van der Waals surface area contributed by atoms with Crippen LogP contribution in [0.2, 0.25) is 19.6 Å². The highest BCUT2D eigenvalue weighted by Gasteiger charge is 2.18. The first kappa shape index (κ1) is 12.0. The molecule has 0 bridgehead atoms. The molecule has 0 spiro atoms. The molecule has 0 saturated carbocycles. The number of nitrogens with zero attached hydrogens (tertiary/aromatic N) is 1. The quantitative estimate of drug-likeness (QED) is 0.729. The van der Waals surface area contributed by atoms with Crippen LogP contribution in [0.15, 0.2) is 30.3 Å². The zero-order valence-corrected chi connectivity index (χ0v) is 10.5. The number of nitriles is 1. The molecule has 1 unspecified atom stereocenters. The number of benzene rings is 1. The Morgan fingerprint density at radius 3 is 2.33 bits per heavy atom. The van der Waals surface area contributed by atoms with Crippen molar-refractivity contribution < 1.29 is 4.43 Å². The highest BCUT2D eigenvalue weighted by atomic mass is 28.4. The Balaban J connectivity index is 2.63. The van der Waals surface area contributed by atoms with Crippen LogP contribution in [0.1, 0.15) is 11.5 Å². The maximum Gasteiger partial charge on any atom is 0.183 e. The van der Waals surface area contributed by atoms with Crippen LogP contribution in [0.25, 0.3) is 0 Å². The minimum absolute atomic E-state index is 0.141. The van der Waals surface area contributed by atoms with Gasteiger partial charge in [-0.15, -0.1) is 0 Å². The van der Waals surface area contributed by atoms with Gasteiger partial charge < -0.3 is 4.43 Å². The van der Waals surface area contributed by atoms with E-state index in [1.54, 1.807) is 0 Å². The first-order valence-electron chi connectivity index (χ1n) is 5.11. The van der Waals surface area contributed by atoms with E-state index >= 15 is 0 Å². The van der Waals surface area contributed by atoms with Gasteiger partial charge in [-0.05, 0) is 25.2 Å². The molecule has 0 aliphatic heterocycles. The van der Waals surface area contributed by atoms with Crippen LogP contribution in [0, 0.1) is 11.3 Å². The van der Waals surface area contributed by atoms with Crippen LogP contribution in [-0.2, 0) is 4.43 Å². The van der Waals surface area contributed by atoms with Crippen molar-refractivity contribution in [3.05, 3.63) is 35.9 Å². The Bertz CT molecular complexity index is 337. The highest BCUT2D eigenvalue weighted by molar-refractivity contribution is 6.69. The summed E-state index contributed by atoms with van der Waals surface area (Å²) in [5.74, 6) is -0.141. The van der Waals surface area contributed by atoms with Gasteiger partial charge in [0, 0.05) is 0 Å². The molecule has 0 fully saturated rings. The third kappa shape index (κ3) is 4.28. The maximum absolute atomic E-state index is 9.06. The van der Waals surface area contributed by atoms with Crippen molar-refractivity contribution in [3.8, 4) is 6.07 Å². The molecule has 0 aliphatic rings. The van der Waals surface area contributed by atoms with E-state index in [9.17, 15) is 0 Å². The molecule has 0 radical (unpaired) electrons. The predicted molar refractivity (Wildman–Crippen MR) is 64.1 cm³/mol. The molecule has 15 heavy (non-hydrogen) atoms. The van der Waals surface area contributed by atoms with Gasteiger partial charge in [-0.3, -0.25) is 0 Å². The minimum Gasteiger partial charge on any atom is -0.416 e. The molecule has 1 aromatic rings. The molecule has 2 nitrogen and oxygen atoms in total. The number of hydrogen-bond acceptors (Lipinski definition) is 2. The van der Waals surface area contributed by atoms with Crippen LogP contribution in [0.4, 0.5) is 0 Å². The molecule has 0 N–H and O–H groups in total. The second-order valence-corrected chi connectivity index (χ2v) is 9.03. The molecule has 0 aromatic heterocycles. The van der Waals surface area contributed by atoms with Crippen molar-refractivity contribution in [1.82, 2.24) is 0 Å². The maximum atomic E-state index is 9.06. The summed E-state index contributed by atoms with van der Waals surface area (Å²) >= 11 is 0. The number of hydrogen-bond donors (Lipinski definition) is 0. The monoisotopic (exact) mass is 219 g/mol. The fourth-order valence-electron chi connectivity index (χ4n) is 1.23. The van der Waals surface area contributed by atoms with Gasteiger partial charge in [0.1, 0.15) is 0 Å². The number of rotatable bonds is 4. The molecular weight excluding hydrogens is 202 g/mol. The molecule has 0 saturated heterocycles. The lowest BCUT2D eigenvalue weighted by Crippen LogP contribution is -2.27. The molecule has 3 heteroatoms. The SMILES string of the molecule is C[Si](C)(C)OCC(C#N)c1ccccc1. The van der Waals surface area contributed by atoms with E-state index in [1.807, 2.05) is 30.3 Å². The topological polar surface area (TPSA) is 33.0 Å². The van der Waals surface area contributed by atoms with Crippen LogP contribution < -0.4 is 0 Å². The van der Waals surface area contributed by atoms with E-state index in [0.717, 1.165) is 5.56 Å². The Labute approximate surface area is 92.6 Å². The Kier molecular flexibility index (Phi) is 4.07. The van der Waals surface area contributed by atoms with Crippen molar-refractivity contribution in [2.24, 2.45) is 0 Å². The van der Waals surface area contributed by atoms with E-state index < -0.39 is 8.32 Å². The van der Waals surface area contributed by atoms with E-state index in [0.29, 0.717) is 6.61 Å². The van der Waals surface area contributed by atoms with Gasteiger partial charge in [0.15, 0.2) is 8.32 Å². The smallest absolute Gasteiger partial charge is 0.183 e. The second-order valence-electron chi connectivity index (χ2n) is 4.52. The van der Waals surface area contributed by atoms with E-state index in [1.165, 1.54) is 0 Å². The Morgan fingerprint density at radius 2 is 1.87 bits per heavy atom. The van der Waals surface area contributed by atoms with Crippen molar-refractivity contribution in [3.63, 3.8) is 0 Å². The summed E-state index contributed by atoms with van der Waals surface area (Å²) < 4.78 is 5.75.